The van der Waals surface area contributed by atoms with Crippen LogP contribution in [0.4, 0.5) is 11.4 Å². The molecule has 2 aromatic rings. The van der Waals surface area contributed by atoms with Crippen molar-refractivity contribution in [2.45, 2.75) is 0 Å². The summed E-state index contributed by atoms with van der Waals surface area (Å²) in [4.78, 5) is 1.93. The van der Waals surface area contributed by atoms with Crippen LogP contribution >= 0.6 is 0 Å². The highest BCUT2D eigenvalue weighted by molar-refractivity contribution is 5.80. The van der Waals surface area contributed by atoms with Crippen molar-refractivity contribution in [3.63, 3.8) is 0 Å². The van der Waals surface area contributed by atoms with Crippen LogP contribution in [0.15, 0.2) is 49.0 Å². The minimum atomic E-state index is 0.0355. The van der Waals surface area contributed by atoms with Crippen molar-refractivity contribution in [3.05, 3.63) is 54.6 Å². The summed E-state index contributed by atoms with van der Waals surface area (Å²) in [5.41, 5.74) is 10.8. The highest BCUT2D eigenvalue weighted by Gasteiger charge is 2.09. The van der Waals surface area contributed by atoms with Gasteiger partial charge in [0.25, 0.3) is 0 Å². The van der Waals surface area contributed by atoms with Crippen LogP contribution in [0.1, 0.15) is 5.56 Å². The number of benzene rings is 2. The lowest BCUT2D eigenvalue weighted by molar-refractivity contribution is 0.281. The molecule has 0 amide bonds. The third-order valence-corrected chi connectivity index (χ3v) is 3.60. The van der Waals surface area contributed by atoms with Gasteiger partial charge >= 0.3 is 0 Å². The predicted octanol–water partition coefficient (Wildman–Crippen LogP) is 2.37. The van der Waals surface area contributed by atoms with Crippen LogP contribution in [-0.4, -0.2) is 36.5 Å². The summed E-state index contributed by atoms with van der Waals surface area (Å²) in [6, 6.07) is 13.8. The Hall–Kier alpha value is -2.30. The fraction of sp³-hybridized carbons (Fsp3) is 0.222. The quantitative estimate of drug-likeness (QED) is 0.686. The number of hydrogen-bond acceptors (Lipinski definition) is 4. The van der Waals surface area contributed by atoms with Gasteiger partial charge in [-0.05, 0) is 29.3 Å². The Bertz CT molecular complexity index is 617. The maximum Gasteiger partial charge on any atom is 0.0606 e. The van der Waals surface area contributed by atoms with Crippen molar-refractivity contribution >= 4 is 17.5 Å². The van der Waals surface area contributed by atoms with E-state index in [2.05, 4.69) is 6.58 Å². The SMILES string of the molecule is C=Cc1ccc(-c2cc(N(CCO)CCO)ccc2N)cc1. The summed E-state index contributed by atoms with van der Waals surface area (Å²) in [5, 5.41) is 18.3. The Balaban J connectivity index is 2.38. The first-order valence-corrected chi connectivity index (χ1v) is 7.28. The molecule has 0 heterocycles. The second-order valence-corrected chi connectivity index (χ2v) is 5.03. The lowest BCUT2D eigenvalue weighted by atomic mass is 10.0. The second-order valence-electron chi connectivity index (χ2n) is 5.03. The molecule has 0 aliphatic rings. The molecule has 116 valence electrons. The molecule has 0 fully saturated rings. The largest absolute Gasteiger partial charge is 0.398 e. The maximum absolute atomic E-state index is 9.17. The van der Waals surface area contributed by atoms with Crippen LogP contribution in [0.5, 0.6) is 0 Å². The topological polar surface area (TPSA) is 69.7 Å². The van der Waals surface area contributed by atoms with Crippen LogP contribution < -0.4 is 10.6 Å². The van der Waals surface area contributed by atoms with E-state index in [1.807, 2.05) is 47.4 Å². The van der Waals surface area contributed by atoms with E-state index in [0.717, 1.165) is 22.4 Å². The molecule has 0 aliphatic heterocycles. The summed E-state index contributed by atoms with van der Waals surface area (Å²) >= 11 is 0. The molecule has 4 N–H and O–H groups in total. The second kappa shape index (κ2) is 7.64. The summed E-state index contributed by atoms with van der Waals surface area (Å²) in [7, 11) is 0. The third-order valence-electron chi connectivity index (χ3n) is 3.60. The van der Waals surface area contributed by atoms with E-state index in [9.17, 15) is 0 Å². The lowest BCUT2D eigenvalue weighted by Crippen LogP contribution is -2.29. The molecule has 0 radical (unpaired) electrons. The molecule has 0 saturated carbocycles. The van der Waals surface area contributed by atoms with Crippen LogP contribution in [-0.2, 0) is 0 Å². The molecule has 2 aromatic carbocycles. The zero-order valence-corrected chi connectivity index (χ0v) is 12.6. The molecular weight excluding hydrogens is 276 g/mol. The van der Waals surface area contributed by atoms with E-state index in [1.165, 1.54) is 0 Å². The Labute approximate surface area is 131 Å². The number of nitrogen functional groups attached to an aromatic ring is 1. The highest BCUT2D eigenvalue weighted by atomic mass is 16.3. The van der Waals surface area contributed by atoms with E-state index in [0.29, 0.717) is 18.8 Å². The third kappa shape index (κ3) is 3.67. The maximum atomic E-state index is 9.17. The molecule has 0 bridgehead atoms. The van der Waals surface area contributed by atoms with Gasteiger partial charge in [0.15, 0.2) is 0 Å². The normalized spacial score (nSPS) is 10.5. The number of rotatable bonds is 7. The van der Waals surface area contributed by atoms with Crippen molar-refractivity contribution in [2.75, 3.05) is 36.9 Å². The van der Waals surface area contributed by atoms with E-state index in [4.69, 9.17) is 15.9 Å². The van der Waals surface area contributed by atoms with Crippen molar-refractivity contribution in [2.24, 2.45) is 0 Å². The van der Waals surface area contributed by atoms with Crippen LogP contribution in [0.25, 0.3) is 17.2 Å². The summed E-state index contributed by atoms with van der Waals surface area (Å²) in [6.45, 7) is 4.76. The fourth-order valence-electron chi connectivity index (χ4n) is 2.40. The highest BCUT2D eigenvalue weighted by Crippen LogP contribution is 2.30. The van der Waals surface area contributed by atoms with Gasteiger partial charge in [-0.15, -0.1) is 0 Å². The minimum Gasteiger partial charge on any atom is -0.398 e. The number of nitrogens with zero attached hydrogens (tertiary/aromatic N) is 1. The molecule has 0 atom stereocenters. The Kier molecular flexibility index (Phi) is 5.58. The van der Waals surface area contributed by atoms with Gasteiger partial charge in [-0.25, -0.2) is 0 Å². The first kappa shape index (κ1) is 16.1. The summed E-state index contributed by atoms with van der Waals surface area (Å²) in [5.74, 6) is 0. The van der Waals surface area contributed by atoms with E-state index < -0.39 is 0 Å². The minimum absolute atomic E-state index is 0.0355. The van der Waals surface area contributed by atoms with Gasteiger partial charge in [0.05, 0.1) is 13.2 Å². The first-order chi connectivity index (χ1) is 10.7. The number of nitrogens with two attached hydrogens (primary N) is 1. The first-order valence-electron chi connectivity index (χ1n) is 7.28. The smallest absolute Gasteiger partial charge is 0.0606 e. The van der Waals surface area contributed by atoms with Gasteiger partial charge in [0, 0.05) is 30.0 Å². The standard InChI is InChI=1S/C18H22N2O2/c1-2-14-3-5-15(6-4-14)17-13-16(7-8-18(17)19)20(9-11-21)10-12-22/h2-8,13,21-22H,1,9-12,19H2. The Morgan fingerprint density at radius 2 is 1.64 bits per heavy atom. The molecule has 0 aromatic heterocycles. The van der Waals surface area contributed by atoms with E-state index in [-0.39, 0.29) is 13.2 Å². The van der Waals surface area contributed by atoms with Gasteiger partial charge in [-0.3, -0.25) is 0 Å². The zero-order valence-electron chi connectivity index (χ0n) is 12.6. The molecule has 0 spiro atoms. The van der Waals surface area contributed by atoms with Gasteiger partial charge in [0.2, 0.25) is 0 Å². The molecule has 0 saturated heterocycles. The van der Waals surface area contributed by atoms with Crippen LogP contribution in [0.2, 0.25) is 0 Å². The van der Waals surface area contributed by atoms with Crippen molar-refractivity contribution in [3.8, 4) is 11.1 Å². The van der Waals surface area contributed by atoms with Gasteiger partial charge in [-0.2, -0.15) is 0 Å². The molecule has 4 nitrogen and oxygen atoms in total. The average molecular weight is 298 g/mol. The molecule has 0 unspecified atom stereocenters. The molecule has 2 rings (SSSR count). The number of aliphatic hydroxyl groups is 2. The lowest BCUT2D eigenvalue weighted by Gasteiger charge is -2.24. The monoisotopic (exact) mass is 298 g/mol. The average Bonchev–Trinajstić information content (AvgIpc) is 2.55. The molecular formula is C18H22N2O2. The summed E-state index contributed by atoms with van der Waals surface area (Å²) < 4.78 is 0. The molecule has 4 heteroatoms. The van der Waals surface area contributed by atoms with Gasteiger partial charge in [-0.1, -0.05) is 36.9 Å². The van der Waals surface area contributed by atoms with Crippen molar-refractivity contribution < 1.29 is 10.2 Å². The summed E-state index contributed by atoms with van der Waals surface area (Å²) in [6.07, 6.45) is 1.80. The van der Waals surface area contributed by atoms with Crippen LogP contribution in [0.3, 0.4) is 0 Å². The number of aliphatic hydroxyl groups excluding tert-OH is 2. The zero-order chi connectivity index (χ0) is 15.9. The van der Waals surface area contributed by atoms with Crippen molar-refractivity contribution in [1.29, 1.82) is 0 Å². The number of hydrogen-bond donors (Lipinski definition) is 3. The Morgan fingerprint density at radius 1 is 1.00 bits per heavy atom. The van der Waals surface area contributed by atoms with Gasteiger partial charge in [0.1, 0.15) is 0 Å². The van der Waals surface area contributed by atoms with Gasteiger partial charge < -0.3 is 20.8 Å². The van der Waals surface area contributed by atoms with E-state index >= 15 is 0 Å². The molecule has 22 heavy (non-hydrogen) atoms. The number of anilines is 2. The van der Waals surface area contributed by atoms with Crippen LogP contribution in [0, 0.1) is 0 Å². The van der Waals surface area contributed by atoms with Crippen molar-refractivity contribution in [1.82, 2.24) is 0 Å². The fourth-order valence-corrected chi connectivity index (χ4v) is 2.40. The Morgan fingerprint density at radius 3 is 2.18 bits per heavy atom. The van der Waals surface area contributed by atoms with E-state index in [1.54, 1.807) is 6.08 Å². The predicted molar refractivity (Wildman–Crippen MR) is 92.8 cm³/mol. The molecule has 0 aliphatic carbocycles.